The van der Waals surface area contributed by atoms with E-state index >= 15 is 0 Å². The van der Waals surface area contributed by atoms with E-state index in [-0.39, 0.29) is 0 Å². The molecule has 1 aliphatic rings. The third-order valence-electron chi connectivity index (χ3n) is 3.61. The van der Waals surface area contributed by atoms with Crippen molar-refractivity contribution in [3.05, 3.63) is 28.2 Å². The van der Waals surface area contributed by atoms with Crippen molar-refractivity contribution >= 4 is 21.6 Å². The minimum absolute atomic E-state index is 0.664. The van der Waals surface area contributed by atoms with E-state index in [0.717, 1.165) is 18.4 Å². The Hall–Kier alpha value is -0.500. The van der Waals surface area contributed by atoms with Crippen molar-refractivity contribution in [3.8, 4) is 0 Å². The molecule has 2 unspecified atom stereocenters. The molecule has 0 saturated carbocycles. The van der Waals surface area contributed by atoms with Crippen LogP contribution in [-0.4, -0.2) is 6.54 Å². The number of hydrogen-bond donors (Lipinski definition) is 1. The predicted octanol–water partition coefficient (Wildman–Crippen LogP) is 4.25. The van der Waals surface area contributed by atoms with Gasteiger partial charge in [-0.2, -0.15) is 0 Å². The fraction of sp³-hybridized carbons (Fsp3) is 0.538. The Kier molecular flexibility index (Phi) is 3.06. The Morgan fingerprint density at radius 1 is 1.33 bits per heavy atom. The normalized spacial score (nSPS) is 21.3. The number of nitrogens with one attached hydrogen (secondary N) is 1. The van der Waals surface area contributed by atoms with Gasteiger partial charge in [-0.05, 0) is 35.6 Å². The van der Waals surface area contributed by atoms with E-state index in [1.165, 1.54) is 15.7 Å². The van der Waals surface area contributed by atoms with Gasteiger partial charge >= 0.3 is 0 Å². The Morgan fingerprint density at radius 3 is 2.73 bits per heavy atom. The minimum atomic E-state index is 0.664. The molecule has 1 aromatic rings. The Bertz CT molecular complexity index is 360. The number of hydrogen-bond acceptors (Lipinski definition) is 1. The predicted molar refractivity (Wildman–Crippen MR) is 69.4 cm³/mol. The van der Waals surface area contributed by atoms with Crippen LogP contribution in [0.2, 0.25) is 0 Å². The molecule has 1 aliphatic heterocycles. The zero-order chi connectivity index (χ0) is 11.0. The van der Waals surface area contributed by atoms with E-state index in [0.29, 0.717) is 5.92 Å². The summed E-state index contributed by atoms with van der Waals surface area (Å²) in [4.78, 5) is 0. The molecule has 2 heteroatoms. The molecule has 1 aromatic carbocycles. The third-order valence-corrected chi connectivity index (χ3v) is 4.11. The summed E-state index contributed by atoms with van der Waals surface area (Å²) in [6.07, 6.45) is 0. The zero-order valence-electron chi connectivity index (χ0n) is 9.55. The summed E-state index contributed by atoms with van der Waals surface area (Å²) >= 11 is 3.55. The fourth-order valence-corrected chi connectivity index (χ4v) is 2.64. The highest BCUT2D eigenvalue weighted by atomic mass is 79.9. The standard InChI is InChI=1S/C13H18BrN/c1-8(2)9(3)12-7-15-13-5-4-10(14)6-11(12)13/h4-6,8-9,12,15H,7H2,1-3H3. The van der Waals surface area contributed by atoms with Crippen molar-refractivity contribution in [1.82, 2.24) is 0 Å². The summed E-state index contributed by atoms with van der Waals surface area (Å²) < 4.78 is 1.19. The first-order valence-electron chi connectivity index (χ1n) is 5.63. The quantitative estimate of drug-likeness (QED) is 0.845. The van der Waals surface area contributed by atoms with Crippen molar-refractivity contribution in [2.45, 2.75) is 26.7 Å². The van der Waals surface area contributed by atoms with Crippen molar-refractivity contribution in [2.75, 3.05) is 11.9 Å². The molecular formula is C13H18BrN. The average Bonchev–Trinajstić information content (AvgIpc) is 2.59. The lowest BCUT2D eigenvalue weighted by molar-refractivity contribution is 0.362. The first-order chi connectivity index (χ1) is 7.09. The van der Waals surface area contributed by atoms with Crippen LogP contribution in [0.3, 0.4) is 0 Å². The summed E-state index contributed by atoms with van der Waals surface area (Å²) in [5, 5.41) is 3.49. The number of rotatable bonds is 2. The van der Waals surface area contributed by atoms with Gasteiger partial charge in [-0.15, -0.1) is 0 Å². The van der Waals surface area contributed by atoms with Crippen LogP contribution in [0.15, 0.2) is 22.7 Å². The number of halogens is 1. The molecule has 15 heavy (non-hydrogen) atoms. The van der Waals surface area contributed by atoms with Gasteiger partial charge in [0.1, 0.15) is 0 Å². The molecule has 0 aliphatic carbocycles. The lowest BCUT2D eigenvalue weighted by Gasteiger charge is -2.23. The van der Waals surface area contributed by atoms with Crippen LogP contribution < -0.4 is 5.32 Å². The molecule has 2 rings (SSSR count). The van der Waals surface area contributed by atoms with E-state index in [2.05, 4.69) is 60.2 Å². The summed E-state index contributed by atoms with van der Waals surface area (Å²) in [6.45, 7) is 8.06. The second kappa shape index (κ2) is 4.17. The molecule has 1 N–H and O–H groups in total. The van der Waals surface area contributed by atoms with Gasteiger partial charge in [-0.25, -0.2) is 0 Å². The monoisotopic (exact) mass is 267 g/mol. The first kappa shape index (κ1) is 11.0. The summed E-state index contributed by atoms with van der Waals surface area (Å²) in [5.41, 5.74) is 2.79. The summed E-state index contributed by atoms with van der Waals surface area (Å²) in [6, 6.07) is 6.54. The maximum absolute atomic E-state index is 3.55. The number of benzene rings is 1. The molecule has 0 aromatic heterocycles. The van der Waals surface area contributed by atoms with Gasteiger partial charge in [0, 0.05) is 22.6 Å². The smallest absolute Gasteiger partial charge is 0.0377 e. The first-order valence-corrected chi connectivity index (χ1v) is 6.42. The molecule has 1 nitrogen and oxygen atoms in total. The molecule has 0 spiro atoms. The second-order valence-electron chi connectivity index (χ2n) is 4.82. The molecule has 1 heterocycles. The summed E-state index contributed by atoms with van der Waals surface area (Å²) in [5.74, 6) is 2.13. The molecule has 0 amide bonds. The van der Waals surface area contributed by atoms with Gasteiger partial charge in [0.25, 0.3) is 0 Å². The van der Waals surface area contributed by atoms with Crippen LogP contribution in [0.1, 0.15) is 32.3 Å². The molecular weight excluding hydrogens is 250 g/mol. The van der Waals surface area contributed by atoms with Crippen molar-refractivity contribution in [2.24, 2.45) is 11.8 Å². The molecule has 0 saturated heterocycles. The van der Waals surface area contributed by atoms with E-state index in [4.69, 9.17) is 0 Å². The molecule has 0 fully saturated rings. The van der Waals surface area contributed by atoms with Crippen LogP contribution >= 0.6 is 15.9 Å². The van der Waals surface area contributed by atoms with Gasteiger partial charge in [-0.1, -0.05) is 36.7 Å². The van der Waals surface area contributed by atoms with Gasteiger partial charge in [-0.3, -0.25) is 0 Å². The average molecular weight is 268 g/mol. The minimum Gasteiger partial charge on any atom is -0.384 e. The van der Waals surface area contributed by atoms with Crippen molar-refractivity contribution < 1.29 is 0 Å². The summed E-state index contributed by atoms with van der Waals surface area (Å²) in [7, 11) is 0. The van der Waals surface area contributed by atoms with Crippen LogP contribution in [0, 0.1) is 11.8 Å². The highest BCUT2D eigenvalue weighted by Crippen LogP contribution is 2.40. The van der Waals surface area contributed by atoms with Crippen molar-refractivity contribution in [3.63, 3.8) is 0 Å². The zero-order valence-corrected chi connectivity index (χ0v) is 11.1. The van der Waals surface area contributed by atoms with Crippen LogP contribution in [0.5, 0.6) is 0 Å². The van der Waals surface area contributed by atoms with Crippen molar-refractivity contribution in [1.29, 1.82) is 0 Å². The Morgan fingerprint density at radius 2 is 2.07 bits per heavy atom. The van der Waals surface area contributed by atoms with E-state index in [1.54, 1.807) is 0 Å². The third kappa shape index (κ3) is 2.05. The topological polar surface area (TPSA) is 12.0 Å². The van der Waals surface area contributed by atoms with E-state index < -0.39 is 0 Å². The Balaban J connectivity index is 2.31. The van der Waals surface area contributed by atoms with Crippen LogP contribution in [0.4, 0.5) is 5.69 Å². The Labute approximate surface area is 100 Å². The van der Waals surface area contributed by atoms with Gasteiger partial charge in [0.15, 0.2) is 0 Å². The maximum atomic E-state index is 3.55. The molecule has 82 valence electrons. The van der Waals surface area contributed by atoms with E-state index in [9.17, 15) is 0 Å². The molecule has 0 radical (unpaired) electrons. The lowest BCUT2D eigenvalue weighted by atomic mass is 9.82. The van der Waals surface area contributed by atoms with E-state index in [1.807, 2.05) is 0 Å². The van der Waals surface area contributed by atoms with Gasteiger partial charge < -0.3 is 5.32 Å². The fourth-order valence-electron chi connectivity index (χ4n) is 2.26. The van der Waals surface area contributed by atoms with Gasteiger partial charge in [0.05, 0.1) is 0 Å². The van der Waals surface area contributed by atoms with Gasteiger partial charge in [0.2, 0.25) is 0 Å². The molecule has 2 atom stereocenters. The second-order valence-corrected chi connectivity index (χ2v) is 5.74. The lowest BCUT2D eigenvalue weighted by Crippen LogP contribution is -2.17. The SMILES string of the molecule is CC(C)C(C)C1CNc2ccc(Br)cc21. The number of anilines is 1. The highest BCUT2D eigenvalue weighted by molar-refractivity contribution is 9.10. The maximum Gasteiger partial charge on any atom is 0.0377 e. The molecule has 0 bridgehead atoms. The van der Waals surface area contributed by atoms with Crippen LogP contribution in [0.25, 0.3) is 0 Å². The number of fused-ring (bicyclic) bond motifs is 1. The highest BCUT2D eigenvalue weighted by Gasteiger charge is 2.28. The largest absolute Gasteiger partial charge is 0.384 e. The van der Waals surface area contributed by atoms with Crippen LogP contribution in [-0.2, 0) is 0 Å².